The fourth-order valence-electron chi connectivity index (χ4n) is 1.87. The summed E-state index contributed by atoms with van der Waals surface area (Å²) in [7, 11) is 0. The minimum Gasteiger partial charge on any atom is -0.477 e. The zero-order valence-electron chi connectivity index (χ0n) is 7.45. The predicted molar refractivity (Wildman–Crippen MR) is 47.9 cm³/mol. The fraction of sp³-hybridized carbons (Fsp3) is 0.300. The molecular weight excluding hydrogens is 180 g/mol. The number of carbonyl (C=O) groups is 1. The van der Waals surface area contributed by atoms with Crippen molar-refractivity contribution >= 4 is 5.97 Å². The molecule has 0 fully saturated rings. The lowest BCUT2D eigenvalue weighted by molar-refractivity contribution is 0.0689. The Kier molecular flexibility index (Phi) is 1.93. The highest BCUT2D eigenvalue weighted by Gasteiger charge is 2.22. The van der Waals surface area contributed by atoms with E-state index in [1.807, 2.05) is 6.07 Å². The zero-order valence-corrected chi connectivity index (χ0v) is 7.45. The first-order valence-electron chi connectivity index (χ1n) is 4.38. The molecule has 14 heavy (non-hydrogen) atoms. The van der Waals surface area contributed by atoms with Crippen molar-refractivity contribution < 1.29 is 9.90 Å². The van der Waals surface area contributed by atoms with Crippen molar-refractivity contribution in [3.05, 3.63) is 28.6 Å². The molecule has 1 heterocycles. The van der Waals surface area contributed by atoms with Crippen LogP contribution < -0.4 is 0 Å². The number of aromatic nitrogens is 1. The molecule has 1 aromatic heterocycles. The van der Waals surface area contributed by atoms with Crippen molar-refractivity contribution in [3.63, 3.8) is 0 Å². The first-order chi connectivity index (χ1) is 6.74. The van der Waals surface area contributed by atoms with Crippen LogP contribution in [0.3, 0.4) is 0 Å². The monoisotopic (exact) mass is 188 g/mol. The summed E-state index contributed by atoms with van der Waals surface area (Å²) in [6, 6.07) is 2.04. The maximum Gasteiger partial charge on any atom is 0.354 e. The molecule has 0 bridgehead atoms. The van der Waals surface area contributed by atoms with E-state index in [0.29, 0.717) is 5.56 Å². The van der Waals surface area contributed by atoms with E-state index in [9.17, 15) is 4.79 Å². The van der Waals surface area contributed by atoms with Crippen molar-refractivity contribution in [1.82, 2.24) is 4.98 Å². The highest BCUT2D eigenvalue weighted by Crippen LogP contribution is 2.26. The number of aromatic carboxylic acids is 1. The SMILES string of the molecule is N#Cc1cnc(C(=O)O)c2c1CCC2. The average molecular weight is 188 g/mol. The lowest BCUT2D eigenvalue weighted by atomic mass is 10.0. The summed E-state index contributed by atoms with van der Waals surface area (Å²) in [5, 5.41) is 17.7. The van der Waals surface area contributed by atoms with Crippen molar-refractivity contribution in [2.75, 3.05) is 0 Å². The summed E-state index contributed by atoms with van der Waals surface area (Å²) in [5.41, 5.74) is 2.25. The molecule has 4 heteroatoms. The molecule has 0 amide bonds. The van der Waals surface area contributed by atoms with Crippen LogP contribution in [0.1, 0.15) is 33.6 Å². The van der Waals surface area contributed by atoms with Gasteiger partial charge in [-0.3, -0.25) is 0 Å². The lowest BCUT2D eigenvalue weighted by Gasteiger charge is -2.03. The van der Waals surface area contributed by atoms with Crippen LogP contribution in [0.15, 0.2) is 6.20 Å². The summed E-state index contributed by atoms with van der Waals surface area (Å²) < 4.78 is 0. The Hall–Kier alpha value is -1.89. The zero-order chi connectivity index (χ0) is 10.1. The van der Waals surface area contributed by atoms with Gasteiger partial charge in [0.05, 0.1) is 5.56 Å². The maximum atomic E-state index is 10.8. The van der Waals surface area contributed by atoms with E-state index in [-0.39, 0.29) is 5.69 Å². The number of hydrogen-bond donors (Lipinski definition) is 1. The van der Waals surface area contributed by atoms with Crippen LogP contribution in [0.25, 0.3) is 0 Å². The van der Waals surface area contributed by atoms with Gasteiger partial charge in [0, 0.05) is 6.20 Å². The third-order valence-corrected chi connectivity index (χ3v) is 2.47. The highest BCUT2D eigenvalue weighted by atomic mass is 16.4. The van der Waals surface area contributed by atoms with Crippen molar-refractivity contribution in [2.45, 2.75) is 19.3 Å². The molecule has 0 atom stereocenters. The maximum absolute atomic E-state index is 10.8. The number of rotatable bonds is 1. The molecule has 4 nitrogen and oxygen atoms in total. The van der Waals surface area contributed by atoms with Gasteiger partial charge in [-0.05, 0) is 30.4 Å². The van der Waals surface area contributed by atoms with E-state index in [1.54, 1.807) is 0 Å². The molecular formula is C10H8N2O2. The van der Waals surface area contributed by atoms with E-state index in [4.69, 9.17) is 10.4 Å². The van der Waals surface area contributed by atoms with Gasteiger partial charge in [-0.25, -0.2) is 9.78 Å². The summed E-state index contributed by atoms with van der Waals surface area (Å²) in [5.74, 6) is -1.01. The molecule has 2 rings (SSSR count). The Labute approximate surface area is 80.8 Å². The van der Waals surface area contributed by atoms with E-state index >= 15 is 0 Å². The van der Waals surface area contributed by atoms with Crippen LogP contribution >= 0.6 is 0 Å². The van der Waals surface area contributed by atoms with Gasteiger partial charge < -0.3 is 5.11 Å². The molecule has 0 aliphatic heterocycles. The van der Waals surface area contributed by atoms with Crippen LogP contribution in [0.5, 0.6) is 0 Å². The molecule has 1 aliphatic rings. The van der Waals surface area contributed by atoms with Gasteiger partial charge in [-0.15, -0.1) is 0 Å². The Morgan fingerprint density at radius 2 is 2.21 bits per heavy atom. The van der Waals surface area contributed by atoms with Gasteiger partial charge in [0.2, 0.25) is 0 Å². The highest BCUT2D eigenvalue weighted by molar-refractivity contribution is 5.88. The van der Waals surface area contributed by atoms with Crippen LogP contribution in [-0.2, 0) is 12.8 Å². The number of pyridine rings is 1. The van der Waals surface area contributed by atoms with Crippen LogP contribution in [-0.4, -0.2) is 16.1 Å². The Bertz CT molecular complexity index is 446. The van der Waals surface area contributed by atoms with E-state index < -0.39 is 5.97 Å². The topological polar surface area (TPSA) is 74.0 Å². The molecule has 70 valence electrons. The first-order valence-corrected chi connectivity index (χ1v) is 4.38. The molecule has 1 aliphatic carbocycles. The number of carboxylic acids is 1. The van der Waals surface area contributed by atoms with Crippen molar-refractivity contribution in [1.29, 1.82) is 5.26 Å². The Morgan fingerprint density at radius 3 is 2.86 bits per heavy atom. The van der Waals surface area contributed by atoms with Crippen molar-refractivity contribution in [3.8, 4) is 6.07 Å². The number of carboxylic acid groups (broad SMARTS) is 1. The van der Waals surface area contributed by atoms with Gasteiger partial charge in [0.25, 0.3) is 0 Å². The van der Waals surface area contributed by atoms with Gasteiger partial charge in [-0.2, -0.15) is 5.26 Å². The third kappa shape index (κ3) is 1.14. The molecule has 0 radical (unpaired) electrons. The second-order valence-electron chi connectivity index (χ2n) is 3.25. The Balaban J connectivity index is 2.65. The second kappa shape index (κ2) is 3.11. The molecule has 0 saturated heterocycles. The Morgan fingerprint density at radius 1 is 1.50 bits per heavy atom. The minimum atomic E-state index is -1.01. The van der Waals surface area contributed by atoms with E-state index in [1.165, 1.54) is 6.20 Å². The van der Waals surface area contributed by atoms with Crippen molar-refractivity contribution in [2.24, 2.45) is 0 Å². The number of hydrogen-bond acceptors (Lipinski definition) is 3. The summed E-state index contributed by atoms with van der Waals surface area (Å²) in [4.78, 5) is 14.6. The molecule has 0 spiro atoms. The van der Waals surface area contributed by atoms with E-state index in [2.05, 4.69) is 4.98 Å². The average Bonchev–Trinajstić information content (AvgIpc) is 2.64. The van der Waals surface area contributed by atoms with Crippen LogP contribution in [0, 0.1) is 11.3 Å². The van der Waals surface area contributed by atoms with Crippen LogP contribution in [0.2, 0.25) is 0 Å². The first kappa shape index (κ1) is 8.70. The van der Waals surface area contributed by atoms with Crippen LogP contribution in [0.4, 0.5) is 0 Å². The summed E-state index contributed by atoms with van der Waals surface area (Å²) >= 11 is 0. The summed E-state index contributed by atoms with van der Waals surface area (Å²) in [6.07, 6.45) is 3.78. The van der Waals surface area contributed by atoms with E-state index in [0.717, 1.165) is 30.4 Å². The predicted octanol–water partition coefficient (Wildman–Crippen LogP) is 1.14. The van der Waals surface area contributed by atoms with Gasteiger partial charge in [0.1, 0.15) is 6.07 Å². The molecule has 0 unspecified atom stereocenters. The lowest BCUT2D eigenvalue weighted by Crippen LogP contribution is -2.06. The minimum absolute atomic E-state index is 0.108. The smallest absolute Gasteiger partial charge is 0.354 e. The standard InChI is InChI=1S/C10H8N2O2/c11-4-6-5-12-9(10(13)14)8-3-1-2-7(6)8/h5H,1-3H2,(H,13,14). The van der Waals surface area contributed by atoms with Gasteiger partial charge in [0.15, 0.2) is 5.69 Å². The van der Waals surface area contributed by atoms with Gasteiger partial charge >= 0.3 is 5.97 Å². The molecule has 1 aromatic rings. The van der Waals surface area contributed by atoms with Gasteiger partial charge in [-0.1, -0.05) is 0 Å². The quantitative estimate of drug-likeness (QED) is 0.717. The number of nitrogens with zero attached hydrogens (tertiary/aromatic N) is 2. The third-order valence-electron chi connectivity index (χ3n) is 2.47. The fourth-order valence-corrected chi connectivity index (χ4v) is 1.87. The normalized spacial score (nSPS) is 13.4. The number of fused-ring (bicyclic) bond motifs is 1. The summed E-state index contributed by atoms with van der Waals surface area (Å²) in [6.45, 7) is 0. The largest absolute Gasteiger partial charge is 0.477 e. The number of nitriles is 1. The second-order valence-corrected chi connectivity index (χ2v) is 3.25. The molecule has 1 N–H and O–H groups in total. The molecule has 0 aromatic carbocycles. The molecule has 0 saturated carbocycles.